The molecule has 1 amide bonds. The molecule has 0 radical (unpaired) electrons. The van der Waals surface area contributed by atoms with Gasteiger partial charge in [0.05, 0.1) is 42.2 Å². The molecule has 0 unspecified atom stereocenters. The molecule has 12 heteroatoms. The predicted octanol–water partition coefficient (Wildman–Crippen LogP) is 0.596. The van der Waals surface area contributed by atoms with Gasteiger partial charge in [-0.2, -0.15) is 9.41 Å². The molecule has 10 nitrogen and oxygen atoms in total. The number of carbonyl (C=O) groups excluding carboxylic acids is 1. The summed E-state index contributed by atoms with van der Waals surface area (Å²) in [7, 11) is -3.55. The summed E-state index contributed by atoms with van der Waals surface area (Å²) in [5.41, 5.74) is 3.54. The Morgan fingerprint density at radius 2 is 1.91 bits per heavy atom. The lowest BCUT2D eigenvalue weighted by Gasteiger charge is -2.31. The first-order valence-electron chi connectivity index (χ1n) is 9.83. The van der Waals surface area contributed by atoms with Gasteiger partial charge in [-0.15, -0.1) is 0 Å². The van der Waals surface area contributed by atoms with Crippen LogP contribution in [0.5, 0.6) is 0 Å². The molecule has 2 aromatic carbocycles. The van der Waals surface area contributed by atoms with Crippen LogP contribution in [0.1, 0.15) is 11.1 Å². The number of nitro benzene ring substituents is 1. The summed E-state index contributed by atoms with van der Waals surface area (Å²) in [5, 5.41) is 14.9. The van der Waals surface area contributed by atoms with E-state index in [-0.39, 0.29) is 28.1 Å². The number of benzene rings is 2. The fourth-order valence-electron chi connectivity index (χ4n) is 3.26. The molecular weight excluding hydrogens is 458 g/mol. The number of nitro groups is 1. The number of quaternary nitrogens is 1. The fourth-order valence-corrected chi connectivity index (χ4v) is 4.87. The molecule has 0 aromatic heterocycles. The van der Waals surface area contributed by atoms with Crippen LogP contribution in [-0.4, -0.2) is 62.5 Å². The van der Waals surface area contributed by atoms with Gasteiger partial charge in [0.1, 0.15) is 0 Å². The predicted molar refractivity (Wildman–Crippen MR) is 119 cm³/mol. The van der Waals surface area contributed by atoms with Gasteiger partial charge < -0.3 is 4.90 Å². The molecule has 1 fully saturated rings. The molecule has 0 atom stereocenters. The Kier molecular flexibility index (Phi) is 7.56. The van der Waals surface area contributed by atoms with Gasteiger partial charge in [-0.3, -0.25) is 14.9 Å². The smallest absolute Gasteiger partial charge is 0.295 e. The van der Waals surface area contributed by atoms with Gasteiger partial charge in [0.2, 0.25) is 10.0 Å². The van der Waals surface area contributed by atoms with Crippen molar-refractivity contribution < 1.29 is 23.0 Å². The van der Waals surface area contributed by atoms with Crippen LogP contribution < -0.4 is 10.3 Å². The van der Waals surface area contributed by atoms with Crippen LogP contribution in [-0.2, 0) is 14.8 Å². The first kappa shape index (κ1) is 23.8. The number of piperazine rings is 1. The van der Waals surface area contributed by atoms with Gasteiger partial charge in [0, 0.05) is 22.7 Å². The number of hydrazone groups is 1. The minimum atomic E-state index is -3.55. The maximum atomic E-state index is 12.8. The number of carbonyl (C=O) groups is 1. The van der Waals surface area contributed by atoms with E-state index in [1.807, 2.05) is 6.92 Å². The molecule has 0 saturated carbocycles. The highest BCUT2D eigenvalue weighted by molar-refractivity contribution is 7.89. The van der Waals surface area contributed by atoms with Crippen molar-refractivity contribution >= 4 is 39.4 Å². The number of sulfonamides is 1. The van der Waals surface area contributed by atoms with E-state index in [2.05, 4.69) is 10.5 Å². The molecule has 1 aliphatic rings. The Balaban J connectivity index is 1.50. The van der Waals surface area contributed by atoms with Gasteiger partial charge in [-0.25, -0.2) is 13.8 Å². The monoisotopic (exact) mass is 480 g/mol. The zero-order valence-electron chi connectivity index (χ0n) is 17.3. The van der Waals surface area contributed by atoms with Crippen LogP contribution >= 0.6 is 11.6 Å². The molecule has 1 aliphatic heterocycles. The van der Waals surface area contributed by atoms with E-state index < -0.39 is 14.9 Å². The van der Waals surface area contributed by atoms with Crippen molar-refractivity contribution in [1.82, 2.24) is 9.73 Å². The molecule has 1 heterocycles. The van der Waals surface area contributed by atoms with E-state index in [4.69, 9.17) is 11.6 Å². The zero-order chi connectivity index (χ0) is 23.3. The van der Waals surface area contributed by atoms with E-state index in [1.54, 1.807) is 24.3 Å². The Morgan fingerprint density at radius 1 is 1.25 bits per heavy atom. The standard InChI is InChI=1S/C20H22ClN5O5S/c1-15-2-5-18(6-3-15)32(30,31)25-10-8-24(9-11-25)14-20(27)23-22-13-16-12-17(26(28)29)4-7-19(16)21/h2-7,12-13H,8-11,14H2,1H3,(H,23,27)/p+1/b22-13+. The minimum absolute atomic E-state index is 0.123. The molecule has 0 aliphatic carbocycles. The fraction of sp³-hybridized carbons (Fsp3) is 0.300. The normalized spacial score (nSPS) is 15.7. The number of non-ortho nitro benzene ring substituents is 1. The molecular formula is C20H23ClN5O5S+. The lowest BCUT2D eigenvalue weighted by Crippen LogP contribution is -3.15. The molecule has 0 bridgehead atoms. The van der Waals surface area contributed by atoms with Gasteiger partial charge >= 0.3 is 0 Å². The largest absolute Gasteiger partial charge is 0.325 e. The lowest BCUT2D eigenvalue weighted by atomic mass is 10.2. The summed E-state index contributed by atoms with van der Waals surface area (Å²) >= 11 is 5.99. The number of hydrogen-bond donors (Lipinski definition) is 2. The number of rotatable bonds is 7. The van der Waals surface area contributed by atoms with Crippen molar-refractivity contribution in [2.75, 3.05) is 32.7 Å². The van der Waals surface area contributed by atoms with Crippen molar-refractivity contribution in [3.05, 3.63) is 68.7 Å². The zero-order valence-corrected chi connectivity index (χ0v) is 18.9. The molecule has 170 valence electrons. The summed E-state index contributed by atoms with van der Waals surface area (Å²) in [6, 6.07) is 10.7. The van der Waals surface area contributed by atoms with E-state index in [1.165, 1.54) is 28.7 Å². The second kappa shape index (κ2) is 10.2. The molecule has 0 spiro atoms. The highest BCUT2D eigenvalue weighted by Gasteiger charge is 2.31. The second-order valence-electron chi connectivity index (χ2n) is 7.40. The molecule has 2 aromatic rings. The maximum absolute atomic E-state index is 12.8. The van der Waals surface area contributed by atoms with Crippen LogP contribution in [0.4, 0.5) is 5.69 Å². The summed E-state index contributed by atoms with van der Waals surface area (Å²) in [4.78, 5) is 23.7. The van der Waals surface area contributed by atoms with Crippen LogP contribution in [0.2, 0.25) is 5.02 Å². The van der Waals surface area contributed by atoms with E-state index in [9.17, 15) is 23.3 Å². The van der Waals surface area contributed by atoms with Gasteiger partial charge in [-0.1, -0.05) is 29.3 Å². The van der Waals surface area contributed by atoms with Gasteiger partial charge in [-0.05, 0) is 25.1 Å². The third-order valence-electron chi connectivity index (χ3n) is 5.08. The van der Waals surface area contributed by atoms with Gasteiger partial charge in [0.25, 0.3) is 11.6 Å². The topological polar surface area (TPSA) is 126 Å². The molecule has 3 rings (SSSR count). The highest BCUT2D eigenvalue weighted by Crippen LogP contribution is 2.20. The maximum Gasteiger partial charge on any atom is 0.295 e. The summed E-state index contributed by atoms with van der Waals surface area (Å²) in [6.07, 6.45) is 1.24. The number of nitrogens with zero attached hydrogens (tertiary/aromatic N) is 3. The van der Waals surface area contributed by atoms with Gasteiger partial charge in [0.15, 0.2) is 6.54 Å². The molecule has 32 heavy (non-hydrogen) atoms. The van der Waals surface area contributed by atoms with E-state index >= 15 is 0 Å². The number of halogens is 1. The first-order valence-corrected chi connectivity index (χ1v) is 11.6. The highest BCUT2D eigenvalue weighted by atomic mass is 35.5. The Morgan fingerprint density at radius 3 is 2.53 bits per heavy atom. The van der Waals surface area contributed by atoms with Crippen LogP contribution in [0.25, 0.3) is 0 Å². The Bertz CT molecular complexity index is 1130. The second-order valence-corrected chi connectivity index (χ2v) is 9.75. The molecule has 2 N–H and O–H groups in total. The van der Waals surface area contributed by atoms with Crippen molar-refractivity contribution in [2.45, 2.75) is 11.8 Å². The number of hydrogen-bond acceptors (Lipinski definition) is 6. The van der Waals surface area contributed by atoms with Crippen molar-refractivity contribution in [2.24, 2.45) is 5.10 Å². The lowest BCUT2D eigenvalue weighted by molar-refractivity contribution is -0.895. The number of nitrogens with one attached hydrogen (secondary N) is 2. The third kappa shape index (κ3) is 5.88. The third-order valence-corrected chi connectivity index (χ3v) is 7.34. The van der Waals surface area contributed by atoms with Crippen molar-refractivity contribution in [3.8, 4) is 0 Å². The Labute approximate surface area is 190 Å². The summed E-state index contributed by atoms with van der Waals surface area (Å²) < 4.78 is 27.0. The number of aryl methyl sites for hydroxylation is 1. The average Bonchev–Trinajstić information content (AvgIpc) is 2.75. The minimum Gasteiger partial charge on any atom is -0.325 e. The number of amides is 1. The van der Waals surface area contributed by atoms with Crippen molar-refractivity contribution in [3.63, 3.8) is 0 Å². The summed E-state index contributed by atoms with van der Waals surface area (Å²) in [6.45, 7) is 3.61. The molecule has 1 saturated heterocycles. The quantitative estimate of drug-likeness (QED) is 0.341. The van der Waals surface area contributed by atoms with Crippen LogP contribution in [0, 0.1) is 17.0 Å². The van der Waals surface area contributed by atoms with Crippen molar-refractivity contribution in [1.29, 1.82) is 0 Å². The van der Waals surface area contributed by atoms with Crippen LogP contribution in [0.15, 0.2) is 52.5 Å². The Hall–Kier alpha value is -2.86. The van der Waals surface area contributed by atoms with Crippen LogP contribution in [0.3, 0.4) is 0 Å². The van der Waals surface area contributed by atoms with E-state index in [0.717, 1.165) is 10.5 Å². The SMILES string of the molecule is Cc1ccc(S(=O)(=O)N2CC[NH+](CC(=O)N/N=C/c3cc([N+](=O)[O-])ccc3Cl)CC2)cc1. The van der Waals surface area contributed by atoms with E-state index in [0.29, 0.717) is 31.7 Å². The first-order chi connectivity index (χ1) is 15.2. The average molecular weight is 481 g/mol. The summed E-state index contributed by atoms with van der Waals surface area (Å²) in [5.74, 6) is -0.354.